The number of carbonyl (C=O) groups is 2. The first kappa shape index (κ1) is 17.8. The van der Waals surface area contributed by atoms with Gasteiger partial charge in [-0.1, -0.05) is 40.9 Å². The fourth-order valence-corrected chi connectivity index (χ4v) is 5.23. The van der Waals surface area contributed by atoms with Crippen molar-refractivity contribution in [1.82, 2.24) is 15.1 Å². The van der Waals surface area contributed by atoms with Gasteiger partial charge in [-0.3, -0.25) is 9.59 Å². The molecule has 1 heterocycles. The zero-order valence-electron chi connectivity index (χ0n) is 13.3. The molecule has 2 aliphatic carbocycles. The van der Waals surface area contributed by atoms with Crippen molar-refractivity contribution in [2.75, 3.05) is 11.5 Å². The minimum atomic E-state index is -0.375. The molecule has 0 radical (unpaired) electrons. The third-order valence-electron chi connectivity index (χ3n) is 3.80. The van der Waals surface area contributed by atoms with E-state index in [1.807, 2.05) is 4.90 Å². The molecule has 9 heteroatoms. The molecule has 0 aliphatic heterocycles. The van der Waals surface area contributed by atoms with Crippen molar-refractivity contribution in [3.8, 4) is 0 Å². The molecule has 0 bridgehead atoms. The van der Waals surface area contributed by atoms with Crippen molar-refractivity contribution < 1.29 is 9.59 Å². The second-order valence-electron chi connectivity index (χ2n) is 5.81. The molecule has 3 rings (SSSR count). The smallest absolute Gasteiger partial charge is 0.237 e. The molecule has 0 unspecified atom stereocenters. The summed E-state index contributed by atoms with van der Waals surface area (Å²) >= 11 is 4.10. The summed E-state index contributed by atoms with van der Waals surface area (Å²) in [6.07, 6.45) is 8.94. The van der Waals surface area contributed by atoms with Gasteiger partial charge in [-0.15, -0.1) is 10.2 Å². The quantitative estimate of drug-likeness (QED) is 0.693. The SMILES string of the molecule is NC(=O)CSc1nnc(SCC(=O)N(C2=CCCCC2)C2CC2)s1. The molecule has 0 saturated heterocycles. The van der Waals surface area contributed by atoms with E-state index in [4.69, 9.17) is 5.73 Å². The highest BCUT2D eigenvalue weighted by atomic mass is 32.2. The number of rotatable bonds is 8. The first-order chi connectivity index (χ1) is 11.6. The molecule has 1 aromatic rings. The van der Waals surface area contributed by atoms with Crippen molar-refractivity contribution in [3.05, 3.63) is 11.8 Å². The lowest BCUT2D eigenvalue weighted by Gasteiger charge is -2.27. The molecule has 2 N–H and O–H groups in total. The van der Waals surface area contributed by atoms with Gasteiger partial charge >= 0.3 is 0 Å². The maximum Gasteiger partial charge on any atom is 0.237 e. The minimum Gasteiger partial charge on any atom is -0.369 e. The third-order valence-corrected chi connectivity index (χ3v) is 7.00. The van der Waals surface area contributed by atoms with Crippen LogP contribution in [0.4, 0.5) is 0 Å². The summed E-state index contributed by atoms with van der Waals surface area (Å²) in [5, 5.41) is 8.09. The standard InChI is InChI=1S/C15H20N4O2S3/c16-12(20)8-22-14-17-18-15(24-14)23-9-13(21)19(11-6-7-11)10-4-2-1-3-5-10/h4,11H,1-3,5-9H2,(H2,16,20). The van der Waals surface area contributed by atoms with Gasteiger partial charge in [0.25, 0.3) is 0 Å². The number of amides is 2. The van der Waals surface area contributed by atoms with E-state index >= 15 is 0 Å². The highest BCUT2D eigenvalue weighted by molar-refractivity contribution is 8.03. The van der Waals surface area contributed by atoms with Gasteiger partial charge < -0.3 is 10.6 Å². The number of allylic oxidation sites excluding steroid dienone is 2. The lowest BCUT2D eigenvalue weighted by Crippen LogP contribution is -2.34. The van der Waals surface area contributed by atoms with E-state index < -0.39 is 0 Å². The topological polar surface area (TPSA) is 89.2 Å². The van der Waals surface area contributed by atoms with Crippen molar-refractivity contribution in [2.24, 2.45) is 5.73 Å². The number of primary amides is 1. The van der Waals surface area contributed by atoms with Gasteiger partial charge in [0.05, 0.1) is 11.5 Å². The first-order valence-corrected chi connectivity index (χ1v) is 10.8. The molecule has 6 nitrogen and oxygen atoms in total. The van der Waals surface area contributed by atoms with Gasteiger partial charge in [0, 0.05) is 11.7 Å². The molecule has 1 fully saturated rings. The highest BCUT2D eigenvalue weighted by Gasteiger charge is 2.34. The molecular formula is C15H20N4O2S3. The fraction of sp³-hybridized carbons (Fsp3) is 0.600. The Morgan fingerprint density at radius 1 is 1.21 bits per heavy atom. The molecule has 130 valence electrons. The zero-order valence-corrected chi connectivity index (χ0v) is 15.7. The zero-order chi connectivity index (χ0) is 16.9. The maximum atomic E-state index is 12.7. The van der Waals surface area contributed by atoms with Crippen LogP contribution in [0.1, 0.15) is 38.5 Å². The molecular weight excluding hydrogens is 364 g/mol. The van der Waals surface area contributed by atoms with Gasteiger partial charge in [0.2, 0.25) is 11.8 Å². The van der Waals surface area contributed by atoms with Crippen molar-refractivity contribution in [3.63, 3.8) is 0 Å². The number of thioether (sulfide) groups is 2. The largest absolute Gasteiger partial charge is 0.369 e. The summed E-state index contributed by atoms with van der Waals surface area (Å²) in [5.41, 5.74) is 6.33. The summed E-state index contributed by atoms with van der Waals surface area (Å²) in [6, 6.07) is 0.401. The van der Waals surface area contributed by atoms with Crippen LogP contribution in [0.3, 0.4) is 0 Å². The Morgan fingerprint density at radius 2 is 1.92 bits per heavy atom. The van der Waals surface area contributed by atoms with Crippen LogP contribution in [0.2, 0.25) is 0 Å². The highest BCUT2D eigenvalue weighted by Crippen LogP contribution is 2.35. The Hall–Kier alpha value is -1.06. The third kappa shape index (κ3) is 4.97. The molecule has 0 aromatic carbocycles. The monoisotopic (exact) mass is 384 g/mol. The van der Waals surface area contributed by atoms with Gasteiger partial charge in [-0.2, -0.15) is 0 Å². The Bertz CT molecular complexity index is 642. The summed E-state index contributed by atoms with van der Waals surface area (Å²) < 4.78 is 1.46. The van der Waals surface area contributed by atoms with E-state index in [1.165, 1.54) is 53.4 Å². The summed E-state index contributed by atoms with van der Waals surface area (Å²) in [5.74, 6) is 0.364. The van der Waals surface area contributed by atoms with Gasteiger partial charge in [0.1, 0.15) is 0 Å². The van der Waals surface area contributed by atoms with Gasteiger partial charge in [-0.05, 0) is 38.5 Å². The van der Waals surface area contributed by atoms with Crippen LogP contribution < -0.4 is 5.73 Å². The number of carbonyl (C=O) groups excluding carboxylic acids is 2. The van der Waals surface area contributed by atoms with Crippen LogP contribution in [-0.4, -0.2) is 44.5 Å². The summed E-state index contributed by atoms with van der Waals surface area (Å²) in [4.78, 5) is 25.5. The number of nitrogens with two attached hydrogens (primary N) is 1. The number of hydrogen-bond donors (Lipinski definition) is 1. The molecule has 24 heavy (non-hydrogen) atoms. The molecule has 2 aliphatic rings. The van der Waals surface area contributed by atoms with Crippen LogP contribution >= 0.6 is 34.9 Å². The van der Waals surface area contributed by atoms with Crippen LogP contribution in [0.25, 0.3) is 0 Å². The average Bonchev–Trinajstić information content (AvgIpc) is 3.30. The van der Waals surface area contributed by atoms with Gasteiger partial charge in [-0.25, -0.2) is 0 Å². The lowest BCUT2D eigenvalue weighted by molar-refractivity contribution is -0.127. The molecule has 0 atom stereocenters. The molecule has 1 saturated carbocycles. The predicted molar refractivity (Wildman–Crippen MR) is 97.0 cm³/mol. The van der Waals surface area contributed by atoms with E-state index in [9.17, 15) is 9.59 Å². The Kier molecular flexibility index (Phi) is 6.18. The summed E-state index contributed by atoms with van der Waals surface area (Å²) in [6.45, 7) is 0. The second-order valence-corrected chi connectivity index (χ2v) is 9.24. The first-order valence-electron chi connectivity index (χ1n) is 8.02. The van der Waals surface area contributed by atoms with Crippen LogP contribution in [0.5, 0.6) is 0 Å². The van der Waals surface area contributed by atoms with E-state index in [0.29, 0.717) is 16.1 Å². The number of aromatic nitrogens is 2. The fourth-order valence-electron chi connectivity index (χ4n) is 2.61. The van der Waals surface area contributed by atoms with Crippen molar-refractivity contribution in [2.45, 2.75) is 53.2 Å². The predicted octanol–water partition coefficient (Wildman–Crippen LogP) is 2.66. The number of hydrogen-bond acceptors (Lipinski definition) is 7. The lowest BCUT2D eigenvalue weighted by atomic mass is 10.0. The Morgan fingerprint density at radius 3 is 2.50 bits per heavy atom. The van der Waals surface area contributed by atoms with Gasteiger partial charge in [0.15, 0.2) is 8.68 Å². The van der Waals surface area contributed by atoms with E-state index in [0.717, 1.165) is 30.0 Å². The Labute approximate surface area is 153 Å². The molecule has 0 spiro atoms. The van der Waals surface area contributed by atoms with Crippen molar-refractivity contribution in [1.29, 1.82) is 0 Å². The molecule has 2 amide bonds. The van der Waals surface area contributed by atoms with E-state index in [1.54, 1.807) is 0 Å². The van der Waals surface area contributed by atoms with Crippen molar-refractivity contribution >= 4 is 46.7 Å². The Balaban J connectivity index is 1.54. The maximum absolute atomic E-state index is 12.7. The van der Waals surface area contributed by atoms with E-state index in [-0.39, 0.29) is 17.6 Å². The van der Waals surface area contributed by atoms with Crippen LogP contribution in [0.15, 0.2) is 20.5 Å². The normalized spacial score (nSPS) is 17.4. The average molecular weight is 385 g/mol. The number of nitrogens with zero attached hydrogens (tertiary/aromatic N) is 3. The molecule has 1 aromatic heterocycles. The van der Waals surface area contributed by atoms with E-state index in [2.05, 4.69) is 16.3 Å². The van der Waals surface area contributed by atoms with Crippen LogP contribution in [0, 0.1) is 0 Å². The summed E-state index contributed by atoms with van der Waals surface area (Å²) in [7, 11) is 0. The second kappa shape index (κ2) is 8.35. The van der Waals surface area contributed by atoms with Crippen LogP contribution in [-0.2, 0) is 9.59 Å². The minimum absolute atomic E-state index is 0.164.